The zero-order valence-electron chi connectivity index (χ0n) is 23.7. The molecular formula is C35H27N5O3S. The highest BCUT2D eigenvalue weighted by Crippen LogP contribution is 2.32. The summed E-state index contributed by atoms with van der Waals surface area (Å²) < 4.78 is 2.15. The molecule has 0 aliphatic carbocycles. The van der Waals surface area contributed by atoms with Crippen LogP contribution < -0.4 is 15.6 Å². The summed E-state index contributed by atoms with van der Waals surface area (Å²) in [4.78, 5) is 39.9. The Morgan fingerprint density at radius 2 is 1.32 bits per heavy atom. The minimum Gasteiger partial charge on any atom is -0.309 e. The van der Waals surface area contributed by atoms with Crippen molar-refractivity contribution in [3.63, 3.8) is 0 Å². The minimum atomic E-state index is -1.26. The number of amides is 3. The Labute approximate surface area is 259 Å². The van der Waals surface area contributed by atoms with Gasteiger partial charge in [-0.25, -0.2) is 5.43 Å². The second kappa shape index (κ2) is 12.3. The highest BCUT2D eigenvalue weighted by Gasteiger charge is 2.38. The van der Waals surface area contributed by atoms with Crippen molar-refractivity contribution in [1.29, 1.82) is 0 Å². The van der Waals surface area contributed by atoms with Crippen LogP contribution in [0.5, 0.6) is 0 Å². The Morgan fingerprint density at radius 3 is 1.89 bits per heavy atom. The van der Waals surface area contributed by atoms with E-state index in [1.54, 1.807) is 24.3 Å². The first-order chi connectivity index (χ1) is 21.4. The van der Waals surface area contributed by atoms with Crippen molar-refractivity contribution in [3.05, 3.63) is 132 Å². The average molecular weight is 598 g/mol. The van der Waals surface area contributed by atoms with E-state index < -0.39 is 23.6 Å². The van der Waals surface area contributed by atoms with Crippen molar-refractivity contribution >= 4 is 47.0 Å². The fourth-order valence-electron chi connectivity index (χ4n) is 5.04. The Morgan fingerprint density at radius 1 is 0.773 bits per heavy atom. The van der Waals surface area contributed by atoms with E-state index in [2.05, 4.69) is 56.8 Å². The number of benzene rings is 4. The van der Waals surface area contributed by atoms with Gasteiger partial charge in [0.2, 0.25) is 5.91 Å². The standard InChI is InChI=1S/C35H27N5O3S/c1-23-12-16-28(17-13-23)40-34(43)29(33(42)37-35(40)44)22-36-38-32(41)26-14-18-27(19-15-26)39-30(24-8-4-2-5-9-24)20-21-31(39)25-10-6-3-7-11-25/h2-22,29H,1H3,(H,38,41)(H,37,42,44)/b36-22+/t29-/m1/s1. The van der Waals surface area contributed by atoms with Gasteiger partial charge in [-0.1, -0.05) is 78.4 Å². The number of aryl methyl sites for hydroxylation is 1. The molecule has 1 saturated heterocycles. The molecule has 0 saturated carbocycles. The van der Waals surface area contributed by atoms with E-state index >= 15 is 0 Å². The molecule has 44 heavy (non-hydrogen) atoms. The molecule has 2 N–H and O–H groups in total. The van der Waals surface area contributed by atoms with Crippen molar-refractivity contribution in [2.24, 2.45) is 11.0 Å². The average Bonchev–Trinajstić information content (AvgIpc) is 3.49. The van der Waals surface area contributed by atoms with Crippen LogP contribution in [-0.4, -0.2) is 33.6 Å². The molecule has 2 heterocycles. The van der Waals surface area contributed by atoms with Gasteiger partial charge in [0.05, 0.1) is 17.1 Å². The number of nitrogens with zero attached hydrogens (tertiary/aromatic N) is 3. The molecule has 0 spiro atoms. The van der Waals surface area contributed by atoms with Gasteiger partial charge in [0, 0.05) is 17.5 Å². The van der Waals surface area contributed by atoms with E-state index in [0.29, 0.717) is 11.3 Å². The lowest BCUT2D eigenvalue weighted by atomic mass is 10.1. The Hall–Kier alpha value is -5.67. The minimum absolute atomic E-state index is 0.00818. The normalized spacial score (nSPS) is 15.0. The third-order valence-electron chi connectivity index (χ3n) is 7.29. The number of hydrazone groups is 1. The van der Waals surface area contributed by atoms with Crippen LogP contribution in [0.1, 0.15) is 15.9 Å². The molecule has 1 aromatic heterocycles. The van der Waals surface area contributed by atoms with Crippen molar-refractivity contribution in [1.82, 2.24) is 15.3 Å². The molecule has 1 aliphatic heterocycles. The van der Waals surface area contributed by atoms with Gasteiger partial charge >= 0.3 is 0 Å². The first kappa shape index (κ1) is 28.4. The van der Waals surface area contributed by atoms with E-state index in [1.807, 2.05) is 67.6 Å². The molecule has 5 aromatic rings. The predicted octanol–water partition coefficient (Wildman–Crippen LogP) is 5.90. The number of hydrogen-bond donors (Lipinski definition) is 2. The number of carbonyl (C=O) groups excluding carboxylic acids is 3. The lowest BCUT2D eigenvalue weighted by molar-refractivity contribution is -0.130. The largest absolute Gasteiger partial charge is 0.309 e. The van der Waals surface area contributed by atoms with Crippen molar-refractivity contribution < 1.29 is 14.4 Å². The molecule has 0 bridgehead atoms. The number of carbonyl (C=O) groups is 3. The Bertz CT molecular complexity index is 1830. The second-order valence-corrected chi connectivity index (χ2v) is 10.6. The molecule has 216 valence electrons. The Balaban J connectivity index is 1.21. The highest BCUT2D eigenvalue weighted by atomic mass is 32.1. The predicted molar refractivity (Wildman–Crippen MR) is 175 cm³/mol. The fraction of sp³-hybridized carbons (Fsp3) is 0.0571. The van der Waals surface area contributed by atoms with Crippen LogP contribution in [0.4, 0.5) is 5.69 Å². The van der Waals surface area contributed by atoms with Crippen molar-refractivity contribution in [2.45, 2.75) is 6.92 Å². The van der Waals surface area contributed by atoms with Gasteiger partial charge in [-0.2, -0.15) is 5.10 Å². The maximum atomic E-state index is 13.2. The van der Waals surface area contributed by atoms with Gasteiger partial charge in [-0.05, 0) is 78.8 Å². The first-order valence-corrected chi connectivity index (χ1v) is 14.3. The van der Waals surface area contributed by atoms with E-state index in [0.717, 1.165) is 40.0 Å². The molecule has 1 atom stereocenters. The summed E-state index contributed by atoms with van der Waals surface area (Å²) in [7, 11) is 0. The van der Waals surface area contributed by atoms with Crippen LogP contribution in [0.3, 0.4) is 0 Å². The molecular weight excluding hydrogens is 570 g/mol. The molecule has 6 rings (SSSR count). The fourth-order valence-corrected chi connectivity index (χ4v) is 5.34. The summed E-state index contributed by atoms with van der Waals surface area (Å²) in [5, 5.41) is 6.47. The topological polar surface area (TPSA) is 95.8 Å². The van der Waals surface area contributed by atoms with Gasteiger partial charge < -0.3 is 9.88 Å². The van der Waals surface area contributed by atoms with Crippen LogP contribution in [0, 0.1) is 12.8 Å². The molecule has 9 heteroatoms. The zero-order valence-corrected chi connectivity index (χ0v) is 24.5. The molecule has 4 aromatic carbocycles. The van der Waals surface area contributed by atoms with Crippen LogP contribution in [0.2, 0.25) is 0 Å². The molecule has 8 nitrogen and oxygen atoms in total. The SMILES string of the molecule is Cc1ccc(N2C(=O)[C@H](/C=N/NC(=O)c3ccc(-n4c(-c5ccccc5)ccc4-c4ccccc4)cc3)C(=O)NC2=S)cc1. The summed E-state index contributed by atoms with van der Waals surface area (Å²) in [5.74, 6) is -2.91. The number of nitrogens with one attached hydrogen (secondary N) is 2. The van der Waals surface area contributed by atoms with Crippen LogP contribution >= 0.6 is 12.2 Å². The molecule has 1 aliphatic rings. The van der Waals surface area contributed by atoms with Gasteiger partial charge in [-0.15, -0.1) is 0 Å². The van der Waals surface area contributed by atoms with Gasteiger partial charge in [0.1, 0.15) is 0 Å². The van der Waals surface area contributed by atoms with E-state index in [1.165, 1.54) is 4.90 Å². The maximum Gasteiger partial charge on any atom is 0.271 e. The number of anilines is 1. The van der Waals surface area contributed by atoms with Crippen LogP contribution in [0.15, 0.2) is 126 Å². The van der Waals surface area contributed by atoms with E-state index in [4.69, 9.17) is 12.2 Å². The van der Waals surface area contributed by atoms with Crippen molar-refractivity contribution in [2.75, 3.05) is 4.90 Å². The quantitative estimate of drug-likeness (QED) is 0.106. The summed E-state index contributed by atoms with van der Waals surface area (Å²) >= 11 is 5.24. The lowest BCUT2D eigenvalue weighted by Gasteiger charge is -2.30. The van der Waals surface area contributed by atoms with Gasteiger partial charge in [0.15, 0.2) is 11.0 Å². The third kappa shape index (κ3) is 5.68. The van der Waals surface area contributed by atoms with E-state index in [9.17, 15) is 14.4 Å². The number of aromatic nitrogens is 1. The van der Waals surface area contributed by atoms with Gasteiger partial charge in [0.25, 0.3) is 11.8 Å². The van der Waals surface area contributed by atoms with E-state index in [-0.39, 0.29) is 5.11 Å². The third-order valence-corrected chi connectivity index (χ3v) is 7.58. The highest BCUT2D eigenvalue weighted by molar-refractivity contribution is 7.80. The number of rotatable bonds is 7. The molecule has 0 unspecified atom stereocenters. The van der Waals surface area contributed by atoms with Crippen LogP contribution in [0.25, 0.3) is 28.2 Å². The molecule has 0 radical (unpaired) electrons. The maximum absolute atomic E-state index is 13.2. The lowest BCUT2D eigenvalue weighted by Crippen LogP contribution is -2.58. The smallest absolute Gasteiger partial charge is 0.271 e. The van der Waals surface area contributed by atoms with Crippen LogP contribution in [-0.2, 0) is 9.59 Å². The number of thiocarbonyl (C=S) groups is 1. The summed E-state index contributed by atoms with van der Waals surface area (Å²) in [6.45, 7) is 1.93. The summed E-state index contributed by atoms with van der Waals surface area (Å²) in [6, 6.07) is 38.7. The zero-order chi connectivity index (χ0) is 30.6. The molecule has 1 fully saturated rings. The molecule has 3 amide bonds. The second-order valence-electron chi connectivity index (χ2n) is 10.2. The van der Waals surface area contributed by atoms with Crippen molar-refractivity contribution in [3.8, 4) is 28.2 Å². The summed E-state index contributed by atoms with van der Waals surface area (Å²) in [5.41, 5.74) is 9.38. The Kier molecular flexibility index (Phi) is 7.94. The monoisotopic (exact) mass is 597 g/mol. The van der Waals surface area contributed by atoms with Gasteiger partial charge in [-0.3, -0.25) is 19.3 Å². The summed E-state index contributed by atoms with van der Waals surface area (Å²) in [6.07, 6.45) is 1.12. The first-order valence-electron chi connectivity index (χ1n) is 13.9. The number of hydrogen-bond acceptors (Lipinski definition) is 5.